The highest BCUT2D eigenvalue weighted by molar-refractivity contribution is 5.79. The zero-order valence-corrected chi connectivity index (χ0v) is 18.7. The molecule has 3 aromatic carbocycles. The molecule has 1 saturated heterocycles. The van der Waals surface area contributed by atoms with Crippen molar-refractivity contribution in [1.29, 1.82) is 0 Å². The van der Waals surface area contributed by atoms with Gasteiger partial charge in [-0.3, -0.25) is 0 Å². The first-order valence-corrected chi connectivity index (χ1v) is 11.7. The number of nitrogens with one attached hydrogen (secondary N) is 1. The number of amides is 1. The maximum absolute atomic E-state index is 12.3. The van der Waals surface area contributed by atoms with Crippen LogP contribution in [-0.2, 0) is 4.74 Å². The fraction of sp³-hybridized carbons (Fsp3) is 0.276. The predicted molar refractivity (Wildman–Crippen MR) is 132 cm³/mol. The highest BCUT2D eigenvalue weighted by Crippen LogP contribution is 2.44. The second-order valence-corrected chi connectivity index (χ2v) is 8.55. The van der Waals surface area contributed by atoms with Gasteiger partial charge in [0.1, 0.15) is 6.61 Å². The van der Waals surface area contributed by atoms with E-state index in [2.05, 4.69) is 58.5 Å². The van der Waals surface area contributed by atoms with Gasteiger partial charge in [-0.15, -0.1) is 0 Å². The topological polar surface area (TPSA) is 41.6 Å². The Kier molecular flexibility index (Phi) is 6.30. The van der Waals surface area contributed by atoms with E-state index < -0.39 is 6.09 Å². The largest absolute Gasteiger partial charge is 0.449 e. The molecule has 0 unspecified atom stereocenters. The number of nitrogens with zero attached hydrogens (tertiary/aromatic N) is 1. The Balaban J connectivity index is 1.18. The molecule has 4 heteroatoms. The van der Waals surface area contributed by atoms with Gasteiger partial charge in [0.25, 0.3) is 0 Å². The van der Waals surface area contributed by atoms with Crippen LogP contribution in [0.1, 0.15) is 41.9 Å². The number of hydrogen-bond donors (Lipinski definition) is 1. The van der Waals surface area contributed by atoms with Crippen molar-refractivity contribution < 1.29 is 9.53 Å². The summed E-state index contributed by atoms with van der Waals surface area (Å²) in [7, 11) is 0. The van der Waals surface area contributed by atoms with Gasteiger partial charge in [0, 0.05) is 24.6 Å². The summed E-state index contributed by atoms with van der Waals surface area (Å²) in [6.45, 7) is 2.73. The summed E-state index contributed by atoms with van der Waals surface area (Å²) in [6.07, 6.45) is 3.32. The minimum absolute atomic E-state index is 0.0608. The van der Waals surface area contributed by atoms with Crippen molar-refractivity contribution in [2.24, 2.45) is 0 Å². The van der Waals surface area contributed by atoms with E-state index in [4.69, 9.17) is 4.74 Å². The zero-order chi connectivity index (χ0) is 22.5. The number of ether oxygens (including phenoxy) is 1. The molecule has 33 heavy (non-hydrogen) atoms. The van der Waals surface area contributed by atoms with Crippen LogP contribution in [0.3, 0.4) is 0 Å². The first-order valence-electron chi connectivity index (χ1n) is 11.7. The first-order chi connectivity index (χ1) is 16.3. The SMILES string of the molecule is O=C(NCC#Cc1ccccc1N1CCCCC1)OCC1c2ccccc2-c2ccccc21. The quantitative estimate of drug-likeness (QED) is 0.544. The fourth-order valence-electron chi connectivity index (χ4n) is 4.90. The molecule has 1 heterocycles. The summed E-state index contributed by atoms with van der Waals surface area (Å²) in [6, 6.07) is 24.9. The Morgan fingerprint density at radius 3 is 2.24 bits per heavy atom. The smallest absolute Gasteiger partial charge is 0.407 e. The molecule has 0 radical (unpaired) electrons. The van der Waals surface area contributed by atoms with Crippen LogP contribution in [0.2, 0.25) is 0 Å². The van der Waals surface area contributed by atoms with Crippen molar-refractivity contribution in [2.45, 2.75) is 25.2 Å². The lowest BCUT2D eigenvalue weighted by Crippen LogP contribution is -2.30. The van der Waals surface area contributed by atoms with Crippen LogP contribution >= 0.6 is 0 Å². The molecule has 0 atom stereocenters. The van der Waals surface area contributed by atoms with Gasteiger partial charge in [-0.05, 0) is 53.6 Å². The Morgan fingerprint density at radius 1 is 0.879 bits per heavy atom. The number of fused-ring (bicyclic) bond motifs is 3. The van der Waals surface area contributed by atoms with Crippen LogP contribution in [0.15, 0.2) is 72.8 Å². The van der Waals surface area contributed by atoms with E-state index in [1.807, 2.05) is 36.4 Å². The highest BCUT2D eigenvalue weighted by Gasteiger charge is 2.28. The Morgan fingerprint density at radius 2 is 1.52 bits per heavy atom. The second kappa shape index (κ2) is 9.83. The van der Waals surface area contributed by atoms with Crippen LogP contribution in [-0.4, -0.2) is 32.3 Å². The molecule has 1 fully saturated rings. The van der Waals surface area contributed by atoms with Crippen molar-refractivity contribution in [3.8, 4) is 23.0 Å². The summed E-state index contributed by atoms with van der Waals surface area (Å²) >= 11 is 0. The molecule has 1 amide bonds. The van der Waals surface area contributed by atoms with E-state index in [1.54, 1.807) is 0 Å². The predicted octanol–water partition coefficient (Wildman–Crippen LogP) is 5.57. The van der Waals surface area contributed by atoms with Crippen molar-refractivity contribution in [2.75, 3.05) is 31.1 Å². The average Bonchev–Trinajstić information content (AvgIpc) is 3.20. The molecule has 0 aromatic heterocycles. The van der Waals surface area contributed by atoms with E-state index >= 15 is 0 Å². The molecule has 0 spiro atoms. The van der Waals surface area contributed by atoms with E-state index in [1.165, 1.54) is 47.2 Å². The lowest BCUT2D eigenvalue weighted by Gasteiger charge is -2.29. The van der Waals surface area contributed by atoms with Crippen molar-refractivity contribution in [3.63, 3.8) is 0 Å². The second-order valence-electron chi connectivity index (χ2n) is 8.55. The third-order valence-corrected chi connectivity index (χ3v) is 6.49. The first kappa shape index (κ1) is 21.2. The number of benzene rings is 3. The minimum Gasteiger partial charge on any atom is -0.449 e. The molecular formula is C29H28N2O2. The monoisotopic (exact) mass is 436 g/mol. The maximum Gasteiger partial charge on any atom is 0.407 e. The van der Waals surface area contributed by atoms with Gasteiger partial charge < -0.3 is 15.0 Å². The highest BCUT2D eigenvalue weighted by atomic mass is 16.5. The van der Waals surface area contributed by atoms with Crippen LogP contribution in [0, 0.1) is 11.8 Å². The van der Waals surface area contributed by atoms with Gasteiger partial charge in [-0.25, -0.2) is 4.79 Å². The minimum atomic E-state index is -0.435. The summed E-state index contributed by atoms with van der Waals surface area (Å²) in [5.41, 5.74) is 7.06. The van der Waals surface area contributed by atoms with E-state index in [-0.39, 0.29) is 12.5 Å². The molecule has 2 aliphatic rings. The van der Waals surface area contributed by atoms with Gasteiger partial charge in [0.05, 0.1) is 12.2 Å². The van der Waals surface area contributed by atoms with Crippen molar-refractivity contribution >= 4 is 11.8 Å². The maximum atomic E-state index is 12.3. The number of carbonyl (C=O) groups is 1. The van der Waals surface area contributed by atoms with Gasteiger partial charge >= 0.3 is 6.09 Å². The van der Waals surface area contributed by atoms with Crippen LogP contribution in [0.5, 0.6) is 0 Å². The van der Waals surface area contributed by atoms with E-state index in [0.717, 1.165) is 18.7 Å². The Bertz CT molecular complexity index is 1160. The normalized spacial score (nSPS) is 14.6. The molecule has 1 aliphatic carbocycles. The third-order valence-electron chi connectivity index (χ3n) is 6.49. The number of para-hydroxylation sites is 1. The lowest BCUT2D eigenvalue weighted by atomic mass is 9.98. The summed E-state index contributed by atoms with van der Waals surface area (Å²) in [5, 5.41) is 2.78. The molecule has 0 bridgehead atoms. The summed E-state index contributed by atoms with van der Waals surface area (Å²) in [4.78, 5) is 14.7. The number of anilines is 1. The molecule has 3 aromatic rings. The van der Waals surface area contributed by atoms with E-state index in [0.29, 0.717) is 6.61 Å². The van der Waals surface area contributed by atoms with Gasteiger partial charge in [-0.2, -0.15) is 0 Å². The van der Waals surface area contributed by atoms with Gasteiger partial charge in [0.15, 0.2) is 0 Å². The molecule has 1 aliphatic heterocycles. The van der Waals surface area contributed by atoms with Crippen molar-refractivity contribution in [3.05, 3.63) is 89.5 Å². The number of rotatable bonds is 4. The molecule has 0 saturated carbocycles. The van der Waals surface area contributed by atoms with Crippen LogP contribution < -0.4 is 10.2 Å². The number of piperidine rings is 1. The number of alkyl carbamates (subject to hydrolysis) is 1. The summed E-state index contributed by atoms with van der Waals surface area (Å²) in [5.74, 6) is 6.37. The van der Waals surface area contributed by atoms with Gasteiger partial charge in [0.2, 0.25) is 0 Å². The van der Waals surface area contributed by atoms with Gasteiger partial charge in [-0.1, -0.05) is 72.5 Å². The lowest BCUT2D eigenvalue weighted by molar-refractivity contribution is 0.144. The Hall–Kier alpha value is -3.71. The van der Waals surface area contributed by atoms with Crippen LogP contribution in [0.25, 0.3) is 11.1 Å². The molecular weight excluding hydrogens is 408 g/mol. The third kappa shape index (κ3) is 4.59. The molecule has 1 N–H and O–H groups in total. The van der Waals surface area contributed by atoms with Crippen LogP contribution in [0.4, 0.5) is 10.5 Å². The molecule has 4 nitrogen and oxygen atoms in total. The Labute approximate surface area is 195 Å². The standard InChI is InChI=1S/C29H28N2O2/c32-29(30-18-10-12-22-11-2-7-17-28(22)31-19-8-1-9-20-31)33-21-27-25-15-5-3-13-23(25)24-14-4-6-16-26(24)27/h2-7,11,13-17,27H,1,8-9,18-21H2,(H,30,32). The molecule has 166 valence electrons. The summed E-state index contributed by atoms with van der Waals surface area (Å²) < 4.78 is 5.58. The number of carbonyl (C=O) groups excluding carboxylic acids is 1. The zero-order valence-electron chi connectivity index (χ0n) is 18.7. The molecule has 5 rings (SSSR count). The van der Waals surface area contributed by atoms with E-state index in [9.17, 15) is 4.79 Å². The van der Waals surface area contributed by atoms with Crippen molar-refractivity contribution in [1.82, 2.24) is 5.32 Å². The fourth-order valence-corrected chi connectivity index (χ4v) is 4.90. The number of hydrogen-bond acceptors (Lipinski definition) is 3. The average molecular weight is 437 g/mol.